The van der Waals surface area contributed by atoms with Gasteiger partial charge in [-0.2, -0.15) is 0 Å². The maximum atomic E-state index is 12.5. The van der Waals surface area contributed by atoms with Gasteiger partial charge in [-0.05, 0) is 43.8 Å². The van der Waals surface area contributed by atoms with E-state index >= 15 is 0 Å². The van der Waals surface area contributed by atoms with Crippen LogP contribution in [0, 0.1) is 0 Å². The number of carbonyl (C=O) groups is 2. The molecule has 1 atom stereocenters. The molecule has 1 unspecified atom stereocenters. The lowest BCUT2D eigenvalue weighted by atomic mass is 9.93. The summed E-state index contributed by atoms with van der Waals surface area (Å²) in [5.41, 5.74) is 7.17. The molecule has 1 aliphatic rings. The van der Waals surface area contributed by atoms with Crippen LogP contribution in [0.1, 0.15) is 31.9 Å². The van der Waals surface area contributed by atoms with Gasteiger partial charge in [0.1, 0.15) is 0 Å². The van der Waals surface area contributed by atoms with Crippen LogP contribution in [0.25, 0.3) is 0 Å². The fourth-order valence-electron chi connectivity index (χ4n) is 2.70. The van der Waals surface area contributed by atoms with Crippen molar-refractivity contribution < 1.29 is 14.3 Å². The average molecular weight is 382 g/mol. The summed E-state index contributed by atoms with van der Waals surface area (Å²) in [7, 11) is 0. The summed E-state index contributed by atoms with van der Waals surface area (Å²) in [6.07, 6.45) is 0.112. The van der Waals surface area contributed by atoms with E-state index in [2.05, 4.69) is 5.32 Å². The minimum Gasteiger partial charge on any atom is -0.463 e. The van der Waals surface area contributed by atoms with Crippen LogP contribution in [0.15, 0.2) is 35.5 Å². The van der Waals surface area contributed by atoms with Gasteiger partial charge in [0.25, 0.3) is 0 Å². The molecule has 1 aromatic rings. The number of primary amides is 1. The molecule has 0 aromatic heterocycles. The Balaban J connectivity index is 2.51. The molecular formula is C17H20ClN3O3S. The molecule has 0 saturated heterocycles. The Morgan fingerprint density at radius 2 is 2.00 bits per heavy atom. The van der Waals surface area contributed by atoms with Gasteiger partial charge in [-0.1, -0.05) is 23.7 Å². The smallest absolute Gasteiger partial charge is 0.338 e. The molecule has 2 rings (SSSR count). The zero-order chi connectivity index (χ0) is 18.6. The highest BCUT2D eigenvalue weighted by Crippen LogP contribution is 2.35. The first kappa shape index (κ1) is 19.2. The number of nitrogens with two attached hydrogens (primary N) is 1. The molecule has 0 bridgehead atoms. The Hall–Kier alpha value is -2.12. The predicted octanol–water partition coefficient (Wildman–Crippen LogP) is 2.28. The second-order valence-electron chi connectivity index (χ2n) is 5.55. The Morgan fingerprint density at radius 1 is 1.36 bits per heavy atom. The maximum Gasteiger partial charge on any atom is 0.338 e. The van der Waals surface area contributed by atoms with Crippen LogP contribution >= 0.6 is 23.8 Å². The molecule has 3 N–H and O–H groups in total. The summed E-state index contributed by atoms with van der Waals surface area (Å²) in [6.45, 7) is 4.06. The third-order valence-corrected chi connectivity index (χ3v) is 4.41. The highest BCUT2D eigenvalue weighted by Gasteiger charge is 2.36. The van der Waals surface area contributed by atoms with Crippen molar-refractivity contribution in [1.82, 2.24) is 10.2 Å². The first-order valence-electron chi connectivity index (χ1n) is 7.84. The number of hydrogen-bond acceptors (Lipinski definition) is 4. The predicted molar refractivity (Wildman–Crippen MR) is 99.8 cm³/mol. The van der Waals surface area contributed by atoms with Gasteiger partial charge in [-0.25, -0.2) is 4.79 Å². The molecule has 25 heavy (non-hydrogen) atoms. The fourth-order valence-corrected chi connectivity index (χ4v) is 3.18. The number of halogens is 1. The molecule has 8 heteroatoms. The molecule has 0 fully saturated rings. The maximum absolute atomic E-state index is 12.5. The lowest BCUT2D eigenvalue weighted by Gasteiger charge is -2.39. The van der Waals surface area contributed by atoms with E-state index in [-0.39, 0.29) is 19.6 Å². The van der Waals surface area contributed by atoms with Gasteiger partial charge in [0.15, 0.2) is 5.11 Å². The molecule has 1 amide bonds. The molecule has 134 valence electrons. The van der Waals surface area contributed by atoms with Crippen molar-refractivity contribution in [3.63, 3.8) is 0 Å². The minimum absolute atomic E-state index is 0.112. The van der Waals surface area contributed by atoms with E-state index in [0.29, 0.717) is 21.4 Å². The lowest BCUT2D eigenvalue weighted by molar-refractivity contribution is -0.139. The first-order chi connectivity index (χ1) is 11.8. The van der Waals surface area contributed by atoms with E-state index in [0.717, 1.165) is 5.56 Å². The highest BCUT2D eigenvalue weighted by atomic mass is 35.5. The van der Waals surface area contributed by atoms with Crippen LogP contribution in [0.3, 0.4) is 0 Å². The Kier molecular flexibility index (Phi) is 6.39. The Labute approximate surface area is 156 Å². The van der Waals surface area contributed by atoms with Gasteiger partial charge in [0.05, 0.1) is 18.2 Å². The molecule has 0 radical (unpaired) electrons. The Bertz CT molecular complexity index is 718. The number of rotatable bonds is 6. The van der Waals surface area contributed by atoms with Crippen LogP contribution in [-0.2, 0) is 14.3 Å². The van der Waals surface area contributed by atoms with Gasteiger partial charge in [0.2, 0.25) is 5.91 Å². The standard InChI is InChI=1S/C17H20ClN3O3S/c1-3-24-16(23)14-10(2)20-17(25)21(9-8-13(19)22)15(14)11-4-6-12(18)7-5-11/h4-7,15H,3,8-9H2,1-2H3,(H2,19,22)(H,20,25). The Morgan fingerprint density at radius 3 is 2.56 bits per heavy atom. The van der Waals surface area contributed by atoms with Crippen LogP contribution < -0.4 is 11.1 Å². The first-order valence-corrected chi connectivity index (χ1v) is 8.63. The number of thiocarbonyl (C=S) groups is 1. The zero-order valence-corrected chi connectivity index (χ0v) is 15.6. The number of ether oxygens (including phenoxy) is 1. The van der Waals surface area contributed by atoms with Gasteiger partial charge in [-0.3, -0.25) is 4.79 Å². The van der Waals surface area contributed by atoms with Gasteiger partial charge >= 0.3 is 5.97 Å². The lowest BCUT2D eigenvalue weighted by Crippen LogP contribution is -2.49. The van der Waals surface area contributed by atoms with E-state index in [1.54, 1.807) is 30.9 Å². The van der Waals surface area contributed by atoms with Gasteiger partial charge in [0, 0.05) is 23.7 Å². The molecule has 1 aliphatic heterocycles. The van der Waals surface area contributed by atoms with Crippen molar-refractivity contribution >= 4 is 40.8 Å². The molecular weight excluding hydrogens is 362 g/mol. The third kappa shape index (κ3) is 4.49. The van der Waals surface area contributed by atoms with Crippen LogP contribution in [0.2, 0.25) is 5.02 Å². The zero-order valence-electron chi connectivity index (χ0n) is 14.0. The number of hydrogen-bond donors (Lipinski definition) is 2. The fraction of sp³-hybridized carbons (Fsp3) is 0.353. The van der Waals surface area contributed by atoms with Crippen LogP contribution in [0.4, 0.5) is 0 Å². The monoisotopic (exact) mass is 381 g/mol. The number of allylic oxidation sites excluding steroid dienone is 1. The summed E-state index contributed by atoms with van der Waals surface area (Å²) in [4.78, 5) is 25.5. The quantitative estimate of drug-likeness (QED) is 0.581. The summed E-state index contributed by atoms with van der Waals surface area (Å²) < 4.78 is 5.21. The van der Waals surface area contributed by atoms with Gasteiger partial charge in [-0.15, -0.1) is 0 Å². The third-order valence-electron chi connectivity index (χ3n) is 3.82. The number of esters is 1. The van der Waals surface area contributed by atoms with Crippen molar-refractivity contribution in [2.45, 2.75) is 26.3 Å². The molecule has 0 aliphatic carbocycles. The topological polar surface area (TPSA) is 84.7 Å². The summed E-state index contributed by atoms with van der Waals surface area (Å²) >= 11 is 11.4. The second kappa shape index (κ2) is 8.31. The van der Waals surface area contributed by atoms with E-state index < -0.39 is 17.9 Å². The number of nitrogens with zero attached hydrogens (tertiary/aromatic N) is 1. The van der Waals surface area contributed by atoms with Crippen molar-refractivity contribution in [3.05, 3.63) is 46.1 Å². The minimum atomic E-state index is -0.482. The second-order valence-corrected chi connectivity index (χ2v) is 6.38. The van der Waals surface area contributed by atoms with E-state index in [9.17, 15) is 9.59 Å². The summed E-state index contributed by atoms with van der Waals surface area (Å²) in [5, 5.41) is 4.02. The number of carbonyl (C=O) groups excluding carboxylic acids is 2. The number of nitrogens with one attached hydrogen (secondary N) is 1. The van der Waals surface area contributed by atoms with Crippen LogP contribution in [0.5, 0.6) is 0 Å². The van der Waals surface area contributed by atoms with Crippen molar-refractivity contribution in [3.8, 4) is 0 Å². The van der Waals surface area contributed by atoms with E-state index in [4.69, 9.17) is 34.3 Å². The molecule has 0 saturated carbocycles. The van der Waals surface area contributed by atoms with Crippen molar-refractivity contribution in [2.75, 3.05) is 13.2 Å². The molecule has 6 nitrogen and oxygen atoms in total. The van der Waals surface area contributed by atoms with Crippen molar-refractivity contribution in [1.29, 1.82) is 0 Å². The van der Waals surface area contributed by atoms with Crippen molar-refractivity contribution in [2.24, 2.45) is 5.73 Å². The summed E-state index contributed by atoms with van der Waals surface area (Å²) in [6, 6.07) is 6.65. The summed E-state index contributed by atoms with van der Waals surface area (Å²) in [5.74, 6) is -0.874. The van der Waals surface area contributed by atoms with E-state index in [1.165, 1.54) is 0 Å². The average Bonchev–Trinajstić information content (AvgIpc) is 2.54. The largest absolute Gasteiger partial charge is 0.463 e. The SMILES string of the molecule is CCOC(=O)C1=C(C)NC(=S)N(CCC(N)=O)C1c1ccc(Cl)cc1. The number of amides is 1. The molecule has 1 heterocycles. The van der Waals surface area contributed by atoms with Gasteiger partial charge < -0.3 is 20.7 Å². The highest BCUT2D eigenvalue weighted by molar-refractivity contribution is 7.80. The normalized spacial score (nSPS) is 17.3. The molecule has 0 spiro atoms. The van der Waals surface area contributed by atoms with Crippen LogP contribution in [-0.4, -0.2) is 35.0 Å². The molecule has 1 aromatic carbocycles. The van der Waals surface area contributed by atoms with E-state index in [1.807, 2.05) is 12.1 Å². The number of benzene rings is 1.